The second-order valence-corrected chi connectivity index (χ2v) is 4.99. The van der Waals surface area contributed by atoms with Crippen LogP contribution >= 0.6 is 0 Å². The first-order valence-corrected chi connectivity index (χ1v) is 6.86. The van der Waals surface area contributed by atoms with Crippen LogP contribution in [-0.2, 0) is 0 Å². The molecule has 0 saturated carbocycles. The number of hydrogen-bond acceptors (Lipinski definition) is 4. The van der Waals surface area contributed by atoms with Gasteiger partial charge >= 0.3 is 0 Å². The van der Waals surface area contributed by atoms with Gasteiger partial charge in [-0.25, -0.2) is 9.97 Å². The molecule has 1 aromatic heterocycles. The Balaban J connectivity index is 2.81. The zero-order valence-electron chi connectivity index (χ0n) is 12.3. The molecular formula is C14H26N4. The lowest BCUT2D eigenvalue weighted by atomic mass is 10.1. The molecule has 1 aromatic rings. The van der Waals surface area contributed by atoms with E-state index in [1.807, 2.05) is 0 Å². The maximum absolute atomic E-state index is 4.41. The second kappa shape index (κ2) is 7.19. The lowest BCUT2D eigenvalue weighted by Crippen LogP contribution is -2.25. The third kappa shape index (κ3) is 3.86. The van der Waals surface area contributed by atoms with Crippen molar-refractivity contribution in [1.29, 1.82) is 0 Å². The minimum atomic E-state index is 0.677. The molecule has 0 amide bonds. The highest BCUT2D eigenvalue weighted by Gasteiger charge is 2.12. The van der Waals surface area contributed by atoms with Gasteiger partial charge in [0.05, 0.1) is 0 Å². The van der Waals surface area contributed by atoms with Gasteiger partial charge in [-0.3, -0.25) is 0 Å². The Hall–Kier alpha value is -1.32. The van der Waals surface area contributed by atoms with Crippen LogP contribution in [0.1, 0.15) is 39.2 Å². The van der Waals surface area contributed by atoms with Gasteiger partial charge in [-0.1, -0.05) is 27.2 Å². The molecule has 1 heterocycles. The van der Waals surface area contributed by atoms with Gasteiger partial charge in [-0.2, -0.15) is 0 Å². The van der Waals surface area contributed by atoms with E-state index in [1.165, 1.54) is 6.42 Å². The molecule has 0 saturated heterocycles. The van der Waals surface area contributed by atoms with Crippen LogP contribution in [0.25, 0.3) is 0 Å². The average Bonchev–Trinajstić information content (AvgIpc) is 2.37. The largest absolute Gasteiger partial charge is 0.370 e. The van der Waals surface area contributed by atoms with E-state index in [9.17, 15) is 0 Å². The van der Waals surface area contributed by atoms with Crippen LogP contribution in [-0.4, -0.2) is 30.1 Å². The number of nitrogens with one attached hydrogen (secondary N) is 1. The Morgan fingerprint density at radius 3 is 2.67 bits per heavy atom. The van der Waals surface area contributed by atoms with Crippen LogP contribution in [0.15, 0.2) is 6.33 Å². The van der Waals surface area contributed by atoms with Crippen LogP contribution in [0, 0.1) is 12.8 Å². The summed E-state index contributed by atoms with van der Waals surface area (Å²) in [6, 6.07) is 0. The molecule has 0 aliphatic heterocycles. The minimum Gasteiger partial charge on any atom is -0.370 e. The summed E-state index contributed by atoms with van der Waals surface area (Å²) >= 11 is 0. The lowest BCUT2D eigenvalue weighted by Gasteiger charge is -2.24. The summed E-state index contributed by atoms with van der Waals surface area (Å²) in [5.74, 6) is 2.66. The van der Waals surface area contributed by atoms with Crippen molar-refractivity contribution >= 4 is 11.6 Å². The highest BCUT2D eigenvalue weighted by Crippen LogP contribution is 2.22. The maximum Gasteiger partial charge on any atom is 0.136 e. The minimum absolute atomic E-state index is 0.677. The van der Waals surface area contributed by atoms with E-state index in [2.05, 4.69) is 54.9 Å². The fourth-order valence-electron chi connectivity index (χ4n) is 1.93. The molecule has 0 aromatic carbocycles. The summed E-state index contributed by atoms with van der Waals surface area (Å²) in [7, 11) is 2.10. The van der Waals surface area contributed by atoms with Gasteiger partial charge in [0.2, 0.25) is 0 Å². The van der Waals surface area contributed by atoms with Crippen molar-refractivity contribution in [2.75, 3.05) is 30.4 Å². The molecule has 0 aliphatic rings. The molecule has 4 nitrogen and oxygen atoms in total. The standard InChI is InChI=1S/C14H26N4/c1-6-8-15-13-12(4)14(17-10-16-13)18(5)9-11(3)7-2/h10-11H,6-9H2,1-5H3,(H,15,16,17). The van der Waals surface area contributed by atoms with Crippen molar-refractivity contribution in [3.63, 3.8) is 0 Å². The topological polar surface area (TPSA) is 41.1 Å². The van der Waals surface area contributed by atoms with E-state index >= 15 is 0 Å². The predicted octanol–water partition coefficient (Wildman–Crippen LogP) is 3.09. The number of nitrogens with zero attached hydrogens (tertiary/aromatic N) is 3. The van der Waals surface area contributed by atoms with E-state index in [4.69, 9.17) is 0 Å². The highest BCUT2D eigenvalue weighted by atomic mass is 15.2. The molecule has 102 valence electrons. The Morgan fingerprint density at radius 1 is 1.33 bits per heavy atom. The van der Waals surface area contributed by atoms with Crippen LogP contribution in [0.2, 0.25) is 0 Å². The molecule has 0 bridgehead atoms. The predicted molar refractivity (Wildman–Crippen MR) is 78.3 cm³/mol. The van der Waals surface area contributed by atoms with E-state index < -0.39 is 0 Å². The molecular weight excluding hydrogens is 224 g/mol. The molecule has 0 aliphatic carbocycles. The molecule has 1 rings (SSSR count). The summed E-state index contributed by atoms with van der Waals surface area (Å²) < 4.78 is 0. The van der Waals surface area contributed by atoms with Gasteiger partial charge in [0.1, 0.15) is 18.0 Å². The first kappa shape index (κ1) is 14.7. The highest BCUT2D eigenvalue weighted by molar-refractivity contribution is 5.57. The second-order valence-electron chi connectivity index (χ2n) is 4.99. The molecule has 0 spiro atoms. The number of rotatable bonds is 7. The monoisotopic (exact) mass is 250 g/mol. The van der Waals surface area contributed by atoms with Gasteiger partial charge in [-0.05, 0) is 19.3 Å². The quantitative estimate of drug-likeness (QED) is 0.807. The van der Waals surface area contributed by atoms with Crippen molar-refractivity contribution in [1.82, 2.24) is 9.97 Å². The average molecular weight is 250 g/mol. The number of anilines is 2. The third-order valence-electron chi connectivity index (χ3n) is 3.24. The van der Waals surface area contributed by atoms with Gasteiger partial charge < -0.3 is 10.2 Å². The molecule has 0 radical (unpaired) electrons. The molecule has 1 atom stereocenters. The number of aromatic nitrogens is 2. The molecule has 1 N–H and O–H groups in total. The van der Waals surface area contributed by atoms with Crippen molar-refractivity contribution in [2.45, 2.75) is 40.5 Å². The van der Waals surface area contributed by atoms with Crippen LogP contribution in [0.3, 0.4) is 0 Å². The smallest absolute Gasteiger partial charge is 0.136 e. The Labute approximate surface area is 111 Å². The Morgan fingerprint density at radius 2 is 2.06 bits per heavy atom. The summed E-state index contributed by atoms with van der Waals surface area (Å²) in [6.45, 7) is 10.7. The summed E-state index contributed by atoms with van der Waals surface area (Å²) in [4.78, 5) is 10.9. The SMILES string of the molecule is CCCNc1ncnc(N(C)CC(C)CC)c1C. The zero-order valence-corrected chi connectivity index (χ0v) is 12.3. The third-order valence-corrected chi connectivity index (χ3v) is 3.24. The summed E-state index contributed by atoms with van der Waals surface area (Å²) in [6.07, 6.45) is 3.93. The van der Waals surface area contributed by atoms with E-state index in [1.54, 1.807) is 6.33 Å². The lowest BCUT2D eigenvalue weighted by molar-refractivity contribution is 0.557. The first-order valence-electron chi connectivity index (χ1n) is 6.86. The van der Waals surface area contributed by atoms with Crippen LogP contribution in [0.5, 0.6) is 0 Å². The molecule has 0 fully saturated rings. The molecule has 1 unspecified atom stereocenters. The maximum atomic E-state index is 4.41. The van der Waals surface area contributed by atoms with E-state index in [0.717, 1.165) is 36.7 Å². The van der Waals surface area contributed by atoms with Crippen LogP contribution < -0.4 is 10.2 Å². The van der Waals surface area contributed by atoms with Crippen molar-refractivity contribution in [2.24, 2.45) is 5.92 Å². The van der Waals surface area contributed by atoms with Gasteiger partial charge in [0.25, 0.3) is 0 Å². The zero-order chi connectivity index (χ0) is 13.5. The van der Waals surface area contributed by atoms with Gasteiger partial charge in [0.15, 0.2) is 0 Å². The summed E-state index contributed by atoms with van der Waals surface area (Å²) in [5.41, 5.74) is 1.14. The Kier molecular flexibility index (Phi) is 5.89. The van der Waals surface area contributed by atoms with Gasteiger partial charge in [0, 0.05) is 25.7 Å². The van der Waals surface area contributed by atoms with E-state index in [-0.39, 0.29) is 0 Å². The molecule has 4 heteroatoms. The fourth-order valence-corrected chi connectivity index (χ4v) is 1.93. The normalized spacial score (nSPS) is 12.3. The van der Waals surface area contributed by atoms with Crippen molar-refractivity contribution in [3.05, 3.63) is 11.9 Å². The van der Waals surface area contributed by atoms with Gasteiger partial charge in [-0.15, -0.1) is 0 Å². The van der Waals surface area contributed by atoms with E-state index in [0.29, 0.717) is 5.92 Å². The number of hydrogen-bond donors (Lipinski definition) is 1. The fraction of sp³-hybridized carbons (Fsp3) is 0.714. The van der Waals surface area contributed by atoms with Crippen LogP contribution in [0.4, 0.5) is 11.6 Å². The summed E-state index contributed by atoms with van der Waals surface area (Å²) in [5, 5.41) is 3.35. The van der Waals surface area contributed by atoms with Crippen molar-refractivity contribution < 1.29 is 0 Å². The van der Waals surface area contributed by atoms with Crippen molar-refractivity contribution in [3.8, 4) is 0 Å². The Bertz CT molecular complexity index is 365. The molecule has 18 heavy (non-hydrogen) atoms. The first-order chi connectivity index (χ1) is 8.60.